The van der Waals surface area contributed by atoms with Gasteiger partial charge in [-0.15, -0.1) is 11.3 Å². The SMILES string of the molecule is CCS(=O)(=O)Nc1ccc(C2(C(=O)NCc3cccs3)CCCCC2)cc1. The molecule has 0 unspecified atom stereocenters. The minimum atomic E-state index is -3.30. The molecule has 0 spiro atoms. The zero-order chi connectivity index (χ0) is 19.3. The number of carbonyl (C=O) groups is 1. The third-order valence-corrected chi connectivity index (χ3v) is 7.42. The fraction of sp³-hybridized carbons (Fsp3) is 0.450. The summed E-state index contributed by atoms with van der Waals surface area (Å²) in [6.45, 7) is 2.15. The molecule has 1 aromatic heterocycles. The van der Waals surface area contributed by atoms with E-state index in [0.29, 0.717) is 12.2 Å². The molecular weight excluding hydrogens is 380 g/mol. The summed E-state index contributed by atoms with van der Waals surface area (Å²) in [6, 6.07) is 11.3. The number of amides is 1. The molecule has 146 valence electrons. The molecule has 27 heavy (non-hydrogen) atoms. The van der Waals surface area contributed by atoms with Gasteiger partial charge in [-0.2, -0.15) is 0 Å². The van der Waals surface area contributed by atoms with Crippen LogP contribution >= 0.6 is 11.3 Å². The van der Waals surface area contributed by atoms with E-state index >= 15 is 0 Å². The molecule has 1 amide bonds. The van der Waals surface area contributed by atoms with Gasteiger partial charge in [-0.25, -0.2) is 8.42 Å². The summed E-state index contributed by atoms with van der Waals surface area (Å²) >= 11 is 1.64. The van der Waals surface area contributed by atoms with Gasteiger partial charge in [-0.05, 0) is 48.9 Å². The largest absolute Gasteiger partial charge is 0.350 e. The Bertz CT molecular complexity index is 853. The van der Waals surface area contributed by atoms with Crippen LogP contribution in [0.25, 0.3) is 0 Å². The van der Waals surface area contributed by atoms with Gasteiger partial charge in [0.05, 0.1) is 17.7 Å². The van der Waals surface area contributed by atoms with Gasteiger partial charge in [0.2, 0.25) is 15.9 Å². The van der Waals surface area contributed by atoms with Crippen molar-refractivity contribution in [2.24, 2.45) is 0 Å². The molecule has 1 aliphatic carbocycles. The van der Waals surface area contributed by atoms with E-state index in [1.54, 1.807) is 30.4 Å². The van der Waals surface area contributed by atoms with Crippen molar-refractivity contribution in [1.82, 2.24) is 5.32 Å². The molecule has 1 fully saturated rings. The van der Waals surface area contributed by atoms with Crippen LogP contribution in [-0.4, -0.2) is 20.1 Å². The van der Waals surface area contributed by atoms with E-state index in [4.69, 9.17) is 0 Å². The number of carbonyl (C=O) groups excluding carboxylic acids is 1. The lowest BCUT2D eigenvalue weighted by Crippen LogP contribution is -2.45. The number of anilines is 1. The highest BCUT2D eigenvalue weighted by molar-refractivity contribution is 7.92. The number of benzene rings is 1. The van der Waals surface area contributed by atoms with Gasteiger partial charge in [0, 0.05) is 10.6 Å². The first kappa shape index (κ1) is 19.9. The van der Waals surface area contributed by atoms with Crippen LogP contribution in [0, 0.1) is 0 Å². The minimum Gasteiger partial charge on any atom is -0.350 e. The molecule has 3 rings (SSSR count). The van der Waals surface area contributed by atoms with Crippen LogP contribution in [0.2, 0.25) is 0 Å². The number of nitrogens with one attached hydrogen (secondary N) is 2. The van der Waals surface area contributed by atoms with Crippen LogP contribution in [-0.2, 0) is 26.8 Å². The van der Waals surface area contributed by atoms with Gasteiger partial charge in [0.15, 0.2) is 0 Å². The molecule has 1 heterocycles. The fourth-order valence-electron chi connectivity index (χ4n) is 3.66. The molecule has 0 radical (unpaired) electrons. The second-order valence-electron chi connectivity index (χ2n) is 6.99. The Hall–Kier alpha value is -1.86. The average Bonchev–Trinajstić information content (AvgIpc) is 3.20. The van der Waals surface area contributed by atoms with Crippen LogP contribution in [0.15, 0.2) is 41.8 Å². The first-order chi connectivity index (χ1) is 13.0. The molecule has 0 bridgehead atoms. The van der Waals surface area contributed by atoms with Crippen molar-refractivity contribution >= 4 is 33.0 Å². The van der Waals surface area contributed by atoms with Crippen molar-refractivity contribution in [2.75, 3.05) is 10.5 Å². The third kappa shape index (κ3) is 4.71. The van der Waals surface area contributed by atoms with Gasteiger partial charge in [0.1, 0.15) is 0 Å². The van der Waals surface area contributed by atoms with Crippen molar-refractivity contribution in [3.05, 3.63) is 52.2 Å². The van der Waals surface area contributed by atoms with Crippen molar-refractivity contribution < 1.29 is 13.2 Å². The lowest BCUT2D eigenvalue weighted by molar-refractivity contribution is -0.128. The topological polar surface area (TPSA) is 75.3 Å². The normalized spacial score (nSPS) is 16.6. The summed E-state index contributed by atoms with van der Waals surface area (Å²) in [5.41, 5.74) is 0.966. The first-order valence-electron chi connectivity index (χ1n) is 9.37. The molecule has 1 aromatic carbocycles. The van der Waals surface area contributed by atoms with Crippen LogP contribution in [0.3, 0.4) is 0 Å². The summed E-state index contributed by atoms with van der Waals surface area (Å²) in [6.07, 6.45) is 4.84. The van der Waals surface area contributed by atoms with Crippen LogP contribution in [0.5, 0.6) is 0 Å². The maximum atomic E-state index is 13.2. The zero-order valence-electron chi connectivity index (χ0n) is 15.5. The molecule has 1 saturated carbocycles. The van der Waals surface area contributed by atoms with Crippen LogP contribution in [0.4, 0.5) is 5.69 Å². The van der Waals surface area contributed by atoms with E-state index in [2.05, 4.69) is 10.0 Å². The van der Waals surface area contributed by atoms with Crippen molar-refractivity contribution in [1.29, 1.82) is 0 Å². The molecular formula is C20H26N2O3S2. The average molecular weight is 407 g/mol. The second-order valence-corrected chi connectivity index (χ2v) is 10.0. The molecule has 1 aliphatic rings. The summed E-state index contributed by atoms with van der Waals surface area (Å²) in [5, 5.41) is 5.12. The van der Waals surface area contributed by atoms with E-state index in [1.807, 2.05) is 29.6 Å². The molecule has 2 aromatic rings. The first-order valence-corrected chi connectivity index (χ1v) is 11.9. The van der Waals surface area contributed by atoms with Gasteiger partial charge < -0.3 is 5.32 Å². The number of sulfonamides is 1. The Morgan fingerprint density at radius 3 is 2.41 bits per heavy atom. The van der Waals surface area contributed by atoms with E-state index in [1.165, 1.54) is 0 Å². The summed E-state index contributed by atoms with van der Waals surface area (Å²) in [4.78, 5) is 14.3. The standard InChI is InChI=1S/C20H26N2O3S2/c1-2-27(24,25)22-17-10-8-16(9-11-17)20(12-4-3-5-13-20)19(23)21-15-18-7-6-14-26-18/h6-11,14,22H,2-5,12-13,15H2,1H3,(H,21,23). The number of hydrogen-bond acceptors (Lipinski definition) is 4. The smallest absolute Gasteiger partial charge is 0.232 e. The number of rotatable bonds is 7. The minimum absolute atomic E-state index is 0.0316. The maximum Gasteiger partial charge on any atom is 0.232 e. The quantitative estimate of drug-likeness (QED) is 0.729. The number of hydrogen-bond donors (Lipinski definition) is 2. The van der Waals surface area contributed by atoms with Gasteiger partial charge in [0.25, 0.3) is 0 Å². The lowest BCUT2D eigenvalue weighted by atomic mass is 9.68. The molecule has 5 nitrogen and oxygen atoms in total. The summed E-state index contributed by atoms with van der Waals surface area (Å²) in [7, 11) is -3.30. The molecule has 0 saturated heterocycles. The van der Waals surface area contributed by atoms with Gasteiger partial charge >= 0.3 is 0 Å². The molecule has 0 atom stereocenters. The molecule has 0 aliphatic heterocycles. The fourth-order valence-corrected chi connectivity index (χ4v) is 4.95. The highest BCUT2D eigenvalue weighted by Gasteiger charge is 2.40. The van der Waals surface area contributed by atoms with Crippen LogP contribution in [0.1, 0.15) is 49.5 Å². The predicted molar refractivity (Wildman–Crippen MR) is 110 cm³/mol. The van der Waals surface area contributed by atoms with E-state index in [-0.39, 0.29) is 11.7 Å². The van der Waals surface area contributed by atoms with Crippen molar-refractivity contribution in [2.45, 2.75) is 51.0 Å². The summed E-state index contributed by atoms with van der Waals surface area (Å²) < 4.78 is 26.1. The molecule has 7 heteroatoms. The third-order valence-electron chi connectivity index (χ3n) is 5.24. The highest BCUT2D eigenvalue weighted by atomic mass is 32.2. The van der Waals surface area contributed by atoms with Gasteiger partial charge in [-0.1, -0.05) is 37.5 Å². The van der Waals surface area contributed by atoms with E-state index in [9.17, 15) is 13.2 Å². The predicted octanol–water partition coefficient (Wildman–Crippen LogP) is 4.03. The molecule has 2 N–H and O–H groups in total. The summed E-state index contributed by atoms with van der Waals surface area (Å²) in [5.74, 6) is 0.0987. The maximum absolute atomic E-state index is 13.2. The highest BCUT2D eigenvalue weighted by Crippen LogP contribution is 2.40. The monoisotopic (exact) mass is 406 g/mol. The Kier molecular flexibility index (Phi) is 6.22. The Morgan fingerprint density at radius 1 is 1.11 bits per heavy atom. The van der Waals surface area contributed by atoms with Crippen molar-refractivity contribution in [3.8, 4) is 0 Å². The Balaban J connectivity index is 1.80. The second kappa shape index (κ2) is 8.44. The van der Waals surface area contributed by atoms with Crippen LogP contribution < -0.4 is 10.0 Å². The Labute approximate surface area is 165 Å². The Morgan fingerprint density at radius 2 is 1.81 bits per heavy atom. The lowest BCUT2D eigenvalue weighted by Gasteiger charge is -2.36. The number of thiophene rings is 1. The van der Waals surface area contributed by atoms with E-state index < -0.39 is 15.4 Å². The van der Waals surface area contributed by atoms with E-state index in [0.717, 1.165) is 42.5 Å². The zero-order valence-corrected chi connectivity index (χ0v) is 17.2. The van der Waals surface area contributed by atoms with Crippen molar-refractivity contribution in [3.63, 3.8) is 0 Å². The van der Waals surface area contributed by atoms with Gasteiger partial charge in [-0.3, -0.25) is 9.52 Å².